The van der Waals surface area contributed by atoms with Crippen molar-refractivity contribution in [2.45, 2.75) is 19.9 Å². The molecular weight excluding hydrogens is 252 g/mol. The quantitative estimate of drug-likeness (QED) is 0.766. The fourth-order valence-corrected chi connectivity index (χ4v) is 2.96. The molecule has 2 heterocycles. The van der Waals surface area contributed by atoms with Crippen LogP contribution >= 0.6 is 11.3 Å². The maximum atomic E-state index is 11.3. The summed E-state index contributed by atoms with van der Waals surface area (Å²) in [6, 6.07) is 0.213. The number of anilines is 1. The number of piperazine rings is 1. The summed E-state index contributed by atoms with van der Waals surface area (Å²) in [5, 5.41) is 6.17. The molecule has 0 saturated carbocycles. The van der Waals surface area contributed by atoms with Crippen molar-refractivity contribution in [1.82, 2.24) is 15.6 Å². The van der Waals surface area contributed by atoms with Crippen molar-refractivity contribution in [2.24, 2.45) is 0 Å². The summed E-state index contributed by atoms with van der Waals surface area (Å²) in [6.07, 6.45) is 0. The predicted octanol–water partition coefficient (Wildman–Crippen LogP) is 0.195. The van der Waals surface area contributed by atoms with E-state index in [0.717, 1.165) is 15.7 Å². The van der Waals surface area contributed by atoms with Gasteiger partial charge >= 0.3 is 0 Å². The van der Waals surface area contributed by atoms with Crippen LogP contribution in [0.15, 0.2) is 0 Å². The Kier molecular flexibility index (Phi) is 3.63. The minimum Gasteiger partial charge on any atom is -0.329 e. The van der Waals surface area contributed by atoms with Crippen LogP contribution in [0.1, 0.15) is 23.5 Å². The minimum absolute atomic E-state index is 0.187. The summed E-state index contributed by atoms with van der Waals surface area (Å²) in [5.41, 5.74) is 0.940. The molecular formula is C11H16N4O2S. The van der Waals surface area contributed by atoms with E-state index in [1.165, 1.54) is 11.3 Å². The van der Waals surface area contributed by atoms with Gasteiger partial charge in [0.15, 0.2) is 5.13 Å². The van der Waals surface area contributed by atoms with Crippen LogP contribution in [0, 0.1) is 6.92 Å². The molecule has 0 aliphatic carbocycles. The highest BCUT2D eigenvalue weighted by atomic mass is 32.1. The van der Waals surface area contributed by atoms with Crippen LogP contribution in [0.25, 0.3) is 0 Å². The van der Waals surface area contributed by atoms with Gasteiger partial charge in [-0.05, 0) is 20.9 Å². The number of hydrogen-bond donors (Lipinski definition) is 2. The topological polar surface area (TPSA) is 74.3 Å². The van der Waals surface area contributed by atoms with Gasteiger partial charge in [0.05, 0.1) is 5.69 Å². The van der Waals surface area contributed by atoms with Crippen molar-refractivity contribution in [1.29, 1.82) is 0 Å². The molecule has 0 spiro atoms. The Bertz CT molecular complexity index is 469. The number of nitrogens with zero attached hydrogens (tertiary/aromatic N) is 2. The van der Waals surface area contributed by atoms with E-state index in [9.17, 15) is 9.59 Å². The van der Waals surface area contributed by atoms with Gasteiger partial charge in [-0.25, -0.2) is 4.98 Å². The van der Waals surface area contributed by atoms with Crippen LogP contribution in [-0.4, -0.2) is 36.9 Å². The van der Waals surface area contributed by atoms with Gasteiger partial charge in [0.25, 0.3) is 0 Å². The average Bonchev–Trinajstić information content (AvgIpc) is 2.69. The normalized spacial score (nSPS) is 17.8. The fraction of sp³-hybridized carbons (Fsp3) is 0.545. The van der Waals surface area contributed by atoms with Crippen LogP contribution in [0.2, 0.25) is 0 Å². The van der Waals surface area contributed by atoms with Crippen LogP contribution in [0.3, 0.4) is 0 Å². The fourth-order valence-electron chi connectivity index (χ4n) is 1.83. The van der Waals surface area contributed by atoms with Crippen molar-refractivity contribution in [3.8, 4) is 0 Å². The lowest BCUT2D eigenvalue weighted by atomic mass is 10.2. The van der Waals surface area contributed by atoms with E-state index >= 15 is 0 Å². The van der Waals surface area contributed by atoms with E-state index < -0.39 is 0 Å². The van der Waals surface area contributed by atoms with E-state index in [-0.39, 0.29) is 30.9 Å². The first kappa shape index (κ1) is 13.0. The van der Waals surface area contributed by atoms with Gasteiger partial charge in [-0.3, -0.25) is 14.9 Å². The summed E-state index contributed by atoms with van der Waals surface area (Å²) in [4.78, 5) is 29.9. The van der Waals surface area contributed by atoms with Crippen molar-refractivity contribution in [3.63, 3.8) is 0 Å². The molecule has 1 aliphatic heterocycles. The number of rotatable bonds is 3. The number of aryl methyl sites for hydroxylation is 1. The summed E-state index contributed by atoms with van der Waals surface area (Å²) < 4.78 is 0. The van der Waals surface area contributed by atoms with Gasteiger partial charge in [-0.1, -0.05) is 11.3 Å². The molecule has 1 unspecified atom stereocenters. The Labute approximate surface area is 109 Å². The second-order valence-electron chi connectivity index (χ2n) is 4.28. The number of imide groups is 1. The summed E-state index contributed by atoms with van der Waals surface area (Å²) >= 11 is 1.52. The molecule has 2 N–H and O–H groups in total. The molecule has 1 saturated heterocycles. The largest absolute Gasteiger partial charge is 0.329 e. The molecule has 0 bridgehead atoms. The Morgan fingerprint density at radius 3 is 2.56 bits per heavy atom. The Hall–Kier alpha value is -1.47. The lowest BCUT2D eigenvalue weighted by Crippen LogP contribution is -2.51. The van der Waals surface area contributed by atoms with Crippen molar-refractivity contribution < 1.29 is 9.59 Å². The highest BCUT2D eigenvalue weighted by Crippen LogP contribution is 2.30. The lowest BCUT2D eigenvalue weighted by Gasteiger charge is -2.24. The van der Waals surface area contributed by atoms with Gasteiger partial charge in [0.1, 0.15) is 13.1 Å². The third-order valence-corrected chi connectivity index (χ3v) is 4.27. The van der Waals surface area contributed by atoms with E-state index in [2.05, 4.69) is 22.5 Å². The molecule has 0 aromatic carbocycles. The second-order valence-corrected chi connectivity index (χ2v) is 5.29. The van der Waals surface area contributed by atoms with Gasteiger partial charge in [-0.2, -0.15) is 0 Å². The molecule has 1 atom stereocenters. The molecule has 7 heteroatoms. The number of thiazole rings is 1. The van der Waals surface area contributed by atoms with Gasteiger partial charge in [-0.15, -0.1) is 0 Å². The smallest absolute Gasteiger partial charge is 0.246 e. The number of carbonyl (C=O) groups is 2. The number of carbonyl (C=O) groups excluding carboxylic acids is 2. The number of amides is 2. The first-order valence-corrected chi connectivity index (χ1v) is 6.55. The van der Waals surface area contributed by atoms with Gasteiger partial charge in [0.2, 0.25) is 11.8 Å². The predicted molar refractivity (Wildman–Crippen MR) is 69.7 cm³/mol. The van der Waals surface area contributed by atoms with Crippen LogP contribution in [0.5, 0.6) is 0 Å². The van der Waals surface area contributed by atoms with Gasteiger partial charge in [0, 0.05) is 10.9 Å². The minimum atomic E-state index is -0.276. The molecule has 18 heavy (non-hydrogen) atoms. The Morgan fingerprint density at radius 2 is 2.00 bits per heavy atom. The summed E-state index contributed by atoms with van der Waals surface area (Å²) in [6.45, 7) is 4.37. The molecule has 6 nitrogen and oxygen atoms in total. The van der Waals surface area contributed by atoms with E-state index in [1.807, 2.05) is 14.0 Å². The zero-order valence-electron chi connectivity index (χ0n) is 10.6. The first-order chi connectivity index (χ1) is 8.51. The number of hydrogen-bond acceptors (Lipinski definition) is 6. The average molecular weight is 268 g/mol. The third kappa shape index (κ3) is 2.51. The molecule has 1 aromatic rings. The first-order valence-electron chi connectivity index (χ1n) is 5.73. The second kappa shape index (κ2) is 5.03. The van der Waals surface area contributed by atoms with E-state index in [1.54, 1.807) is 4.90 Å². The zero-order valence-corrected chi connectivity index (χ0v) is 11.4. The zero-order chi connectivity index (χ0) is 13.3. The molecule has 98 valence electrons. The molecule has 2 rings (SSSR count). The molecule has 1 aromatic heterocycles. The molecule has 2 amide bonds. The Morgan fingerprint density at radius 1 is 1.39 bits per heavy atom. The molecule has 1 aliphatic rings. The van der Waals surface area contributed by atoms with Crippen LogP contribution < -0.4 is 15.5 Å². The summed E-state index contributed by atoms with van der Waals surface area (Å²) in [7, 11) is 1.89. The highest BCUT2D eigenvalue weighted by Gasteiger charge is 2.26. The standard InChI is InChI=1S/C11H16N4O2S/c1-6(12-3)10-7(2)13-11(18-10)15-4-8(16)14-9(17)5-15/h6,12H,4-5H2,1-3H3,(H,14,16,17). The monoisotopic (exact) mass is 268 g/mol. The molecule has 0 radical (unpaired) electrons. The number of nitrogens with one attached hydrogen (secondary N) is 2. The third-order valence-electron chi connectivity index (χ3n) is 2.87. The summed E-state index contributed by atoms with van der Waals surface area (Å²) in [5.74, 6) is -0.551. The van der Waals surface area contributed by atoms with E-state index in [0.29, 0.717) is 0 Å². The van der Waals surface area contributed by atoms with E-state index in [4.69, 9.17) is 0 Å². The van der Waals surface area contributed by atoms with Gasteiger partial charge < -0.3 is 10.2 Å². The maximum Gasteiger partial charge on any atom is 0.246 e. The SMILES string of the molecule is CNC(C)c1sc(N2CC(=O)NC(=O)C2)nc1C. The van der Waals surface area contributed by atoms with Crippen molar-refractivity contribution in [2.75, 3.05) is 25.0 Å². The highest BCUT2D eigenvalue weighted by molar-refractivity contribution is 7.15. The lowest BCUT2D eigenvalue weighted by molar-refractivity contribution is -0.130. The number of aromatic nitrogens is 1. The van der Waals surface area contributed by atoms with Crippen molar-refractivity contribution >= 4 is 28.3 Å². The maximum absolute atomic E-state index is 11.3. The molecule has 1 fully saturated rings. The van der Waals surface area contributed by atoms with Crippen LogP contribution in [0.4, 0.5) is 5.13 Å². The van der Waals surface area contributed by atoms with Crippen molar-refractivity contribution in [3.05, 3.63) is 10.6 Å². The Balaban J connectivity index is 2.23. The van der Waals surface area contributed by atoms with Crippen LogP contribution in [-0.2, 0) is 9.59 Å².